The van der Waals surface area contributed by atoms with Crippen LogP contribution in [0.2, 0.25) is 0 Å². The van der Waals surface area contributed by atoms with Crippen molar-refractivity contribution in [3.05, 3.63) is 96.1 Å². The third kappa shape index (κ3) is 3.67. The summed E-state index contributed by atoms with van der Waals surface area (Å²) in [6.45, 7) is 0. The summed E-state index contributed by atoms with van der Waals surface area (Å²) in [4.78, 5) is 8.52. The lowest BCUT2D eigenvalue weighted by Gasteiger charge is -2.27. The van der Waals surface area contributed by atoms with Crippen molar-refractivity contribution < 1.29 is 0 Å². The average molecular weight is 313 g/mol. The molecule has 118 valence electrons. The maximum atomic E-state index is 10.1. The number of nitrogens with zero attached hydrogens (tertiary/aromatic N) is 3. The molecule has 3 rings (SSSR count). The highest BCUT2D eigenvalue weighted by Crippen LogP contribution is 2.32. The Morgan fingerprint density at radius 1 is 0.917 bits per heavy atom. The Morgan fingerprint density at radius 3 is 2.25 bits per heavy atom. The van der Waals surface area contributed by atoms with E-state index in [1.807, 2.05) is 48.5 Å². The molecule has 1 unspecified atom stereocenters. The van der Waals surface area contributed by atoms with Crippen molar-refractivity contribution >= 4 is 0 Å². The quantitative estimate of drug-likeness (QED) is 0.688. The predicted octanol–water partition coefficient (Wildman–Crippen LogP) is 4.11. The second-order valence-corrected chi connectivity index (χ2v) is 5.92. The molecule has 0 saturated carbocycles. The van der Waals surface area contributed by atoms with Gasteiger partial charge in [-0.3, -0.25) is 9.97 Å². The fraction of sp³-hybridized carbons (Fsp3) is 0.190. The van der Waals surface area contributed by atoms with Crippen LogP contribution < -0.4 is 0 Å². The summed E-state index contributed by atoms with van der Waals surface area (Å²) in [6, 6.07) is 22.9. The van der Waals surface area contributed by atoms with Crippen molar-refractivity contribution in [1.29, 1.82) is 5.26 Å². The molecule has 0 N–H and O–H groups in total. The lowest BCUT2D eigenvalue weighted by Crippen LogP contribution is -2.28. The van der Waals surface area contributed by atoms with Crippen molar-refractivity contribution in [3.8, 4) is 6.07 Å². The molecule has 3 heteroatoms. The van der Waals surface area contributed by atoms with E-state index in [2.05, 4.69) is 28.2 Å². The Labute approximate surface area is 142 Å². The predicted molar refractivity (Wildman–Crippen MR) is 94.2 cm³/mol. The number of aryl methyl sites for hydroxylation is 1. The monoisotopic (exact) mass is 313 g/mol. The van der Waals surface area contributed by atoms with Crippen LogP contribution in [0, 0.1) is 11.3 Å². The highest BCUT2D eigenvalue weighted by Gasteiger charge is 2.33. The van der Waals surface area contributed by atoms with Crippen molar-refractivity contribution in [3.63, 3.8) is 0 Å². The number of rotatable bonds is 6. The van der Waals surface area contributed by atoms with E-state index < -0.39 is 5.41 Å². The first-order valence-corrected chi connectivity index (χ1v) is 8.08. The normalized spacial score (nSPS) is 13.0. The Hall–Kier alpha value is -2.99. The molecule has 1 atom stereocenters. The van der Waals surface area contributed by atoms with E-state index in [-0.39, 0.29) is 0 Å². The number of nitriles is 1. The standard InChI is InChI=1S/C21H19N3/c22-17-21(19-9-5-2-6-10-19,15-20-16-23-13-14-24-20)12-11-18-7-3-1-4-8-18/h1-10,13-14,16H,11-12,15H2. The maximum Gasteiger partial charge on any atom is 0.0881 e. The van der Waals surface area contributed by atoms with Gasteiger partial charge in [-0.2, -0.15) is 5.26 Å². The molecule has 0 saturated heterocycles. The van der Waals surface area contributed by atoms with Gasteiger partial charge in [-0.05, 0) is 24.0 Å². The van der Waals surface area contributed by atoms with Gasteiger partial charge < -0.3 is 0 Å². The van der Waals surface area contributed by atoms with E-state index in [1.54, 1.807) is 18.6 Å². The molecular formula is C21H19N3. The van der Waals surface area contributed by atoms with Crippen LogP contribution in [0.1, 0.15) is 23.2 Å². The van der Waals surface area contributed by atoms with Crippen molar-refractivity contribution in [1.82, 2.24) is 9.97 Å². The van der Waals surface area contributed by atoms with Crippen LogP contribution in [-0.2, 0) is 18.3 Å². The molecule has 0 aliphatic heterocycles. The first kappa shape index (κ1) is 15.9. The van der Waals surface area contributed by atoms with Crippen LogP contribution in [0.5, 0.6) is 0 Å². The molecule has 0 aliphatic carbocycles. The molecule has 1 heterocycles. The molecule has 0 fully saturated rings. The maximum absolute atomic E-state index is 10.1. The number of hydrogen-bond donors (Lipinski definition) is 0. The van der Waals surface area contributed by atoms with E-state index in [4.69, 9.17) is 0 Å². The SMILES string of the molecule is N#CC(CCc1ccccc1)(Cc1cnccn1)c1ccccc1. The number of hydrogen-bond acceptors (Lipinski definition) is 3. The first-order valence-electron chi connectivity index (χ1n) is 8.08. The minimum atomic E-state index is -0.604. The zero-order valence-electron chi connectivity index (χ0n) is 13.5. The third-order valence-electron chi connectivity index (χ3n) is 4.32. The first-order chi connectivity index (χ1) is 11.8. The van der Waals surface area contributed by atoms with Crippen molar-refractivity contribution in [2.75, 3.05) is 0 Å². The molecule has 2 aromatic carbocycles. The van der Waals surface area contributed by atoms with Gasteiger partial charge in [0.15, 0.2) is 0 Å². The van der Waals surface area contributed by atoms with Crippen LogP contribution in [0.15, 0.2) is 79.3 Å². The number of benzene rings is 2. The van der Waals surface area contributed by atoms with Crippen molar-refractivity contribution in [2.45, 2.75) is 24.7 Å². The van der Waals surface area contributed by atoms with Crippen LogP contribution in [0.25, 0.3) is 0 Å². The molecule has 0 bridgehead atoms. The third-order valence-corrected chi connectivity index (χ3v) is 4.32. The Morgan fingerprint density at radius 2 is 1.62 bits per heavy atom. The van der Waals surface area contributed by atoms with Gasteiger partial charge in [0.25, 0.3) is 0 Å². The van der Waals surface area contributed by atoms with E-state index in [9.17, 15) is 5.26 Å². The summed E-state index contributed by atoms with van der Waals surface area (Å²) in [5.41, 5.74) is 2.52. The van der Waals surface area contributed by atoms with Crippen LogP contribution in [0.4, 0.5) is 0 Å². The topological polar surface area (TPSA) is 49.6 Å². The van der Waals surface area contributed by atoms with Gasteiger partial charge in [0.05, 0.1) is 17.2 Å². The van der Waals surface area contributed by atoms with E-state index in [0.29, 0.717) is 6.42 Å². The van der Waals surface area contributed by atoms with E-state index >= 15 is 0 Å². The van der Waals surface area contributed by atoms with E-state index in [1.165, 1.54) is 5.56 Å². The Kier molecular flexibility index (Phi) is 4.98. The molecule has 0 spiro atoms. The molecule has 3 aromatic rings. The largest absolute Gasteiger partial charge is 0.261 e. The molecule has 0 amide bonds. The summed E-state index contributed by atoms with van der Waals surface area (Å²) >= 11 is 0. The highest BCUT2D eigenvalue weighted by molar-refractivity contribution is 5.35. The lowest BCUT2D eigenvalue weighted by atomic mass is 9.74. The zero-order chi connectivity index (χ0) is 16.7. The lowest BCUT2D eigenvalue weighted by molar-refractivity contribution is 0.493. The minimum absolute atomic E-state index is 0.564. The van der Waals surface area contributed by atoms with Gasteiger partial charge in [-0.1, -0.05) is 60.7 Å². The fourth-order valence-electron chi connectivity index (χ4n) is 2.98. The molecule has 0 radical (unpaired) electrons. The summed E-state index contributed by atoms with van der Waals surface area (Å²) in [5.74, 6) is 0. The van der Waals surface area contributed by atoms with Crippen LogP contribution in [-0.4, -0.2) is 9.97 Å². The Bertz CT molecular complexity index is 795. The van der Waals surface area contributed by atoms with Gasteiger partial charge in [-0.15, -0.1) is 0 Å². The van der Waals surface area contributed by atoms with Crippen molar-refractivity contribution in [2.24, 2.45) is 0 Å². The summed E-state index contributed by atoms with van der Waals surface area (Å²) in [5, 5.41) is 10.1. The van der Waals surface area contributed by atoms with Crippen LogP contribution in [0.3, 0.4) is 0 Å². The average Bonchev–Trinajstić information content (AvgIpc) is 2.67. The molecule has 1 aromatic heterocycles. The van der Waals surface area contributed by atoms with Gasteiger partial charge in [-0.25, -0.2) is 0 Å². The van der Waals surface area contributed by atoms with Gasteiger partial charge in [0.1, 0.15) is 0 Å². The molecular weight excluding hydrogens is 294 g/mol. The van der Waals surface area contributed by atoms with Gasteiger partial charge in [0.2, 0.25) is 0 Å². The van der Waals surface area contributed by atoms with Crippen LogP contribution >= 0.6 is 0 Å². The molecule has 3 nitrogen and oxygen atoms in total. The number of aromatic nitrogens is 2. The second kappa shape index (κ2) is 7.52. The molecule has 0 aliphatic rings. The summed E-state index contributed by atoms with van der Waals surface area (Å²) in [6.07, 6.45) is 7.24. The molecule has 24 heavy (non-hydrogen) atoms. The smallest absolute Gasteiger partial charge is 0.0881 e. The summed E-state index contributed by atoms with van der Waals surface area (Å²) in [7, 11) is 0. The highest BCUT2D eigenvalue weighted by atomic mass is 14.8. The van der Waals surface area contributed by atoms with E-state index in [0.717, 1.165) is 24.1 Å². The minimum Gasteiger partial charge on any atom is -0.261 e. The summed E-state index contributed by atoms with van der Waals surface area (Å²) < 4.78 is 0. The fourth-order valence-corrected chi connectivity index (χ4v) is 2.98. The second-order valence-electron chi connectivity index (χ2n) is 5.92. The zero-order valence-corrected chi connectivity index (χ0v) is 13.5. The van der Waals surface area contributed by atoms with Gasteiger partial charge in [0, 0.05) is 25.0 Å². The Balaban J connectivity index is 1.92. The van der Waals surface area contributed by atoms with Gasteiger partial charge >= 0.3 is 0 Å².